The molecule has 0 aromatic heterocycles. The van der Waals surface area contributed by atoms with Gasteiger partial charge in [0.25, 0.3) is 5.91 Å². The Hall–Kier alpha value is -2.33. The van der Waals surface area contributed by atoms with Crippen molar-refractivity contribution in [1.82, 2.24) is 10.6 Å². The summed E-state index contributed by atoms with van der Waals surface area (Å²) in [5, 5.41) is 5.63. The Morgan fingerprint density at radius 1 is 0.905 bits per heavy atom. The van der Waals surface area contributed by atoms with E-state index in [0.29, 0.717) is 17.1 Å². The normalized spacial score (nSPS) is 9.95. The van der Waals surface area contributed by atoms with Gasteiger partial charge in [-0.05, 0) is 17.7 Å². The minimum absolute atomic E-state index is 0.0864. The molecular weight excluding hydrogens is 288 g/mol. The van der Waals surface area contributed by atoms with Crippen LogP contribution in [-0.2, 0) is 11.3 Å². The maximum Gasteiger partial charge on any atom is 0.253 e. The summed E-state index contributed by atoms with van der Waals surface area (Å²) in [6.07, 6.45) is 0. The van der Waals surface area contributed by atoms with Crippen LogP contribution in [-0.4, -0.2) is 18.4 Å². The van der Waals surface area contributed by atoms with E-state index in [1.807, 2.05) is 30.3 Å². The highest BCUT2D eigenvalue weighted by Gasteiger charge is 2.10. The predicted octanol–water partition coefficient (Wildman–Crippen LogP) is 2.39. The summed E-state index contributed by atoms with van der Waals surface area (Å²) in [5.41, 5.74) is 1.36. The fourth-order valence-electron chi connectivity index (χ4n) is 1.76. The minimum Gasteiger partial charge on any atom is -0.350 e. The molecule has 0 aliphatic heterocycles. The van der Waals surface area contributed by atoms with Crippen molar-refractivity contribution in [3.05, 3.63) is 70.7 Å². The summed E-state index contributed by atoms with van der Waals surface area (Å²) in [6, 6.07) is 16.3. The van der Waals surface area contributed by atoms with Crippen LogP contribution >= 0.6 is 11.6 Å². The number of carbonyl (C=O) groups is 2. The van der Waals surface area contributed by atoms with E-state index < -0.39 is 0 Å². The van der Waals surface area contributed by atoms with Gasteiger partial charge in [0.15, 0.2) is 0 Å². The number of benzene rings is 2. The van der Waals surface area contributed by atoms with Crippen molar-refractivity contribution in [3.63, 3.8) is 0 Å². The van der Waals surface area contributed by atoms with Crippen LogP contribution in [0.15, 0.2) is 54.6 Å². The SMILES string of the molecule is O=C(CNC(=O)c1ccccc1Cl)NCc1ccccc1. The summed E-state index contributed by atoms with van der Waals surface area (Å²) in [6.45, 7) is 0.346. The third-order valence-electron chi connectivity index (χ3n) is 2.86. The first-order valence-corrected chi connectivity index (χ1v) is 6.88. The molecule has 0 aliphatic carbocycles. The molecule has 0 heterocycles. The molecule has 2 rings (SSSR count). The average molecular weight is 303 g/mol. The predicted molar refractivity (Wildman–Crippen MR) is 82.1 cm³/mol. The van der Waals surface area contributed by atoms with Crippen LogP contribution in [0.25, 0.3) is 0 Å². The zero-order valence-electron chi connectivity index (χ0n) is 11.3. The molecule has 2 aromatic rings. The van der Waals surface area contributed by atoms with E-state index >= 15 is 0 Å². The molecule has 0 aliphatic rings. The molecule has 0 radical (unpaired) electrons. The van der Waals surface area contributed by atoms with Gasteiger partial charge in [0.2, 0.25) is 5.91 Å². The Morgan fingerprint density at radius 3 is 2.29 bits per heavy atom. The van der Waals surface area contributed by atoms with Gasteiger partial charge >= 0.3 is 0 Å². The Labute approximate surface area is 128 Å². The maximum absolute atomic E-state index is 11.9. The second kappa shape index (κ2) is 7.45. The molecule has 108 valence electrons. The van der Waals surface area contributed by atoms with Gasteiger partial charge in [-0.25, -0.2) is 0 Å². The van der Waals surface area contributed by atoms with Crippen LogP contribution < -0.4 is 10.6 Å². The Morgan fingerprint density at radius 2 is 1.57 bits per heavy atom. The lowest BCUT2D eigenvalue weighted by molar-refractivity contribution is -0.120. The van der Waals surface area contributed by atoms with E-state index in [9.17, 15) is 9.59 Å². The van der Waals surface area contributed by atoms with Crippen molar-refractivity contribution in [2.24, 2.45) is 0 Å². The molecule has 21 heavy (non-hydrogen) atoms. The topological polar surface area (TPSA) is 58.2 Å². The Bertz CT molecular complexity index is 629. The van der Waals surface area contributed by atoms with Gasteiger partial charge in [-0.1, -0.05) is 54.1 Å². The number of hydrogen-bond acceptors (Lipinski definition) is 2. The van der Waals surface area contributed by atoms with Crippen LogP contribution in [0.1, 0.15) is 15.9 Å². The molecule has 0 saturated carbocycles. The number of amides is 2. The molecule has 0 saturated heterocycles. The lowest BCUT2D eigenvalue weighted by Gasteiger charge is -2.08. The van der Waals surface area contributed by atoms with Crippen molar-refractivity contribution in [1.29, 1.82) is 0 Å². The second-order valence-electron chi connectivity index (χ2n) is 4.42. The van der Waals surface area contributed by atoms with Crippen molar-refractivity contribution in [3.8, 4) is 0 Å². The number of nitrogens with one attached hydrogen (secondary N) is 2. The first kappa shape index (κ1) is 15.1. The number of halogens is 1. The summed E-state index contributed by atoms with van der Waals surface area (Å²) >= 11 is 5.91. The Balaban J connectivity index is 1.79. The number of carbonyl (C=O) groups excluding carboxylic acids is 2. The molecular formula is C16H15ClN2O2. The van der Waals surface area contributed by atoms with Gasteiger partial charge in [0.05, 0.1) is 17.1 Å². The quantitative estimate of drug-likeness (QED) is 0.891. The summed E-state index contributed by atoms with van der Waals surface area (Å²) in [7, 11) is 0. The highest BCUT2D eigenvalue weighted by Crippen LogP contribution is 2.14. The lowest BCUT2D eigenvalue weighted by atomic mass is 10.2. The van der Waals surface area contributed by atoms with Crippen molar-refractivity contribution >= 4 is 23.4 Å². The molecule has 2 N–H and O–H groups in total. The lowest BCUT2D eigenvalue weighted by Crippen LogP contribution is -2.36. The fourth-order valence-corrected chi connectivity index (χ4v) is 1.98. The highest BCUT2D eigenvalue weighted by atomic mass is 35.5. The van der Waals surface area contributed by atoms with Crippen LogP contribution in [0.3, 0.4) is 0 Å². The molecule has 4 nitrogen and oxygen atoms in total. The fraction of sp³-hybridized carbons (Fsp3) is 0.125. The van der Waals surface area contributed by atoms with Gasteiger partial charge in [0, 0.05) is 6.54 Å². The van der Waals surface area contributed by atoms with E-state index in [1.54, 1.807) is 24.3 Å². The zero-order chi connectivity index (χ0) is 15.1. The van der Waals surface area contributed by atoms with Gasteiger partial charge in [0.1, 0.15) is 0 Å². The Kier molecular flexibility index (Phi) is 5.35. The molecule has 5 heteroatoms. The van der Waals surface area contributed by atoms with E-state index in [4.69, 9.17) is 11.6 Å². The first-order chi connectivity index (χ1) is 10.2. The van der Waals surface area contributed by atoms with E-state index in [2.05, 4.69) is 10.6 Å². The average Bonchev–Trinajstić information content (AvgIpc) is 2.52. The van der Waals surface area contributed by atoms with E-state index in [0.717, 1.165) is 5.56 Å². The van der Waals surface area contributed by atoms with Gasteiger partial charge in [-0.3, -0.25) is 9.59 Å². The van der Waals surface area contributed by atoms with Crippen molar-refractivity contribution in [2.75, 3.05) is 6.54 Å². The molecule has 0 spiro atoms. The van der Waals surface area contributed by atoms with Crippen molar-refractivity contribution < 1.29 is 9.59 Å². The first-order valence-electron chi connectivity index (χ1n) is 6.50. The molecule has 0 unspecified atom stereocenters. The molecule has 0 atom stereocenters. The summed E-state index contributed by atoms with van der Waals surface area (Å²) in [5.74, 6) is -0.616. The summed E-state index contributed by atoms with van der Waals surface area (Å²) < 4.78 is 0. The zero-order valence-corrected chi connectivity index (χ0v) is 12.1. The highest BCUT2D eigenvalue weighted by molar-refractivity contribution is 6.33. The monoisotopic (exact) mass is 302 g/mol. The standard InChI is InChI=1S/C16H15ClN2O2/c17-14-9-5-4-8-13(14)16(21)19-11-15(20)18-10-12-6-2-1-3-7-12/h1-9H,10-11H2,(H,18,20)(H,19,21). The molecule has 2 amide bonds. The molecule has 0 fully saturated rings. The van der Waals surface area contributed by atoms with Crippen LogP contribution in [0.2, 0.25) is 5.02 Å². The van der Waals surface area contributed by atoms with E-state index in [1.165, 1.54) is 0 Å². The minimum atomic E-state index is -0.365. The van der Waals surface area contributed by atoms with Gasteiger partial charge in [-0.15, -0.1) is 0 Å². The van der Waals surface area contributed by atoms with E-state index in [-0.39, 0.29) is 18.4 Å². The van der Waals surface area contributed by atoms with Crippen LogP contribution in [0, 0.1) is 0 Å². The molecule has 2 aromatic carbocycles. The third-order valence-corrected chi connectivity index (χ3v) is 3.19. The van der Waals surface area contributed by atoms with Gasteiger partial charge in [-0.2, -0.15) is 0 Å². The third kappa shape index (κ3) is 4.61. The second-order valence-corrected chi connectivity index (χ2v) is 4.83. The smallest absolute Gasteiger partial charge is 0.253 e. The number of rotatable bonds is 5. The maximum atomic E-state index is 11.9. The van der Waals surface area contributed by atoms with Crippen molar-refractivity contribution in [2.45, 2.75) is 6.54 Å². The summed E-state index contributed by atoms with van der Waals surface area (Å²) in [4.78, 5) is 23.5. The van der Waals surface area contributed by atoms with Gasteiger partial charge < -0.3 is 10.6 Å². The van der Waals surface area contributed by atoms with Crippen LogP contribution in [0.5, 0.6) is 0 Å². The molecule has 0 bridgehead atoms. The largest absolute Gasteiger partial charge is 0.350 e. The number of hydrogen-bond donors (Lipinski definition) is 2. The van der Waals surface area contributed by atoms with Crippen LogP contribution in [0.4, 0.5) is 0 Å².